The first-order chi connectivity index (χ1) is 8.33. The summed E-state index contributed by atoms with van der Waals surface area (Å²) >= 11 is 3.70. The Bertz CT molecular complexity index is 579. The maximum atomic E-state index is 4.82. The fraction of sp³-hybridized carbons (Fsp3) is 0.500. The van der Waals surface area contributed by atoms with Crippen LogP contribution in [-0.4, -0.2) is 9.38 Å². The Morgan fingerprint density at radius 3 is 2.65 bits per heavy atom. The molecule has 17 heavy (non-hydrogen) atoms. The van der Waals surface area contributed by atoms with E-state index >= 15 is 0 Å². The van der Waals surface area contributed by atoms with E-state index < -0.39 is 0 Å². The van der Waals surface area contributed by atoms with Crippen LogP contribution in [-0.2, 0) is 0 Å². The number of fused-ring (bicyclic) bond motifs is 1. The maximum absolute atomic E-state index is 4.82. The van der Waals surface area contributed by atoms with E-state index in [9.17, 15) is 0 Å². The molecule has 0 spiro atoms. The molecule has 2 aliphatic carbocycles. The van der Waals surface area contributed by atoms with Gasteiger partial charge in [0.05, 0.1) is 5.69 Å². The van der Waals surface area contributed by atoms with Crippen LogP contribution in [0.5, 0.6) is 0 Å². The highest BCUT2D eigenvalue weighted by Gasteiger charge is 2.27. The lowest BCUT2D eigenvalue weighted by Gasteiger charge is -2.23. The van der Waals surface area contributed by atoms with Crippen molar-refractivity contribution < 1.29 is 0 Å². The second-order valence-electron chi connectivity index (χ2n) is 5.38. The SMILES string of the molecule is Brc1c(C2CCC2)nc2cc(C3CC3)ccn12. The first kappa shape index (κ1) is 10.1. The van der Waals surface area contributed by atoms with Crippen molar-refractivity contribution in [2.75, 3.05) is 0 Å². The summed E-state index contributed by atoms with van der Waals surface area (Å²) in [6.45, 7) is 0. The predicted octanol–water partition coefficient (Wildman–Crippen LogP) is 4.24. The van der Waals surface area contributed by atoms with Gasteiger partial charge in [-0.3, -0.25) is 4.40 Å². The van der Waals surface area contributed by atoms with Gasteiger partial charge in [0.15, 0.2) is 0 Å². The lowest BCUT2D eigenvalue weighted by atomic mass is 9.83. The van der Waals surface area contributed by atoms with Crippen LogP contribution in [0.25, 0.3) is 5.65 Å². The minimum atomic E-state index is 0.689. The molecule has 0 atom stereocenters. The van der Waals surface area contributed by atoms with Gasteiger partial charge in [0.25, 0.3) is 0 Å². The Balaban J connectivity index is 1.84. The second kappa shape index (κ2) is 3.58. The van der Waals surface area contributed by atoms with Gasteiger partial charge in [0.2, 0.25) is 0 Å². The molecule has 2 aromatic heterocycles. The summed E-state index contributed by atoms with van der Waals surface area (Å²) in [6, 6.07) is 4.52. The molecule has 0 saturated heterocycles. The molecule has 0 aliphatic heterocycles. The number of imidazole rings is 1. The zero-order chi connectivity index (χ0) is 11.4. The van der Waals surface area contributed by atoms with Gasteiger partial charge >= 0.3 is 0 Å². The van der Waals surface area contributed by atoms with Crippen LogP contribution in [0, 0.1) is 0 Å². The fourth-order valence-electron chi connectivity index (χ4n) is 2.66. The van der Waals surface area contributed by atoms with Crippen LogP contribution >= 0.6 is 15.9 Å². The molecule has 0 radical (unpaired) electrons. The molecule has 2 fully saturated rings. The van der Waals surface area contributed by atoms with Gasteiger partial charge in [-0.15, -0.1) is 0 Å². The number of nitrogens with zero attached hydrogens (tertiary/aromatic N) is 2. The Morgan fingerprint density at radius 2 is 2.00 bits per heavy atom. The second-order valence-corrected chi connectivity index (χ2v) is 6.13. The number of hydrogen-bond donors (Lipinski definition) is 0. The predicted molar refractivity (Wildman–Crippen MR) is 71.5 cm³/mol. The molecule has 0 bridgehead atoms. The van der Waals surface area contributed by atoms with E-state index in [4.69, 9.17) is 4.98 Å². The van der Waals surface area contributed by atoms with Crippen LogP contribution in [0.15, 0.2) is 22.9 Å². The highest BCUT2D eigenvalue weighted by molar-refractivity contribution is 9.10. The van der Waals surface area contributed by atoms with Gasteiger partial charge in [0.1, 0.15) is 10.3 Å². The fourth-order valence-corrected chi connectivity index (χ4v) is 3.37. The molecule has 2 nitrogen and oxygen atoms in total. The molecule has 3 heteroatoms. The smallest absolute Gasteiger partial charge is 0.138 e. The van der Waals surface area contributed by atoms with Gasteiger partial charge in [-0.1, -0.05) is 6.42 Å². The Morgan fingerprint density at radius 1 is 1.18 bits per heavy atom. The van der Waals surface area contributed by atoms with Crippen molar-refractivity contribution in [1.82, 2.24) is 9.38 Å². The maximum Gasteiger partial charge on any atom is 0.138 e. The molecule has 0 amide bonds. The van der Waals surface area contributed by atoms with Crippen molar-refractivity contribution in [2.24, 2.45) is 0 Å². The van der Waals surface area contributed by atoms with E-state index in [1.54, 1.807) is 0 Å². The molecular formula is C14H15BrN2. The van der Waals surface area contributed by atoms with Crippen LogP contribution in [0.4, 0.5) is 0 Å². The third-order valence-electron chi connectivity index (χ3n) is 4.16. The van der Waals surface area contributed by atoms with Crippen LogP contribution < -0.4 is 0 Å². The summed E-state index contributed by atoms with van der Waals surface area (Å²) in [5.74, 6) is 1.50. The molecule has 2 heterocycles. The zero-order valence-corrected chi connectivity index (χ0v) is 11.3. The van der Waals surface area contributed by atoms with Crippen molar-refractivity contribution in [3.63, 3.8) is 0 Å². The van der Waals surface area contributed by atoms with Gasteiger partial charge in [-0.2, -0.15) is 0 Å². The minimum absolute atomic E-state index is 0.689. The topological polar surface area (TPSA) is 17.3 Å². The number of aromatic nitrogens is 2. The lowest BCUT2D eigenvalue weighted by molar-refractivity contribution is 0.411. The summed E-state index contributed by atoms with van der Waals surface area (Å²) < 4.78 is 3.35. The Labute approximate surface area is 109 Å². The minimum Gasteiger partial charge on any atom is -0.294 e. The van der Waals surface area contributed by atoms with Crippen molar-refractivity contribution in [2.45, 2.75) is 43.9 Å². The van der Waals surface area contributed by atoms with Crippen molar-refractivity contribution >= 4 is 21.6 Å². The number of rotatable bonds is 2. The summed E-state index contributed by atoms with van der Waals surface area (Å²) in [5, 5.41) is 0. The van der Waals surface area contributed by atoms with E-state index in [-0.39, 0.29) is 0 Å². The first-order valence-corrected chi connectivity index (χ1v) is 7.29. The number of halogens is 1. The van der Waals surface area contributed by atoms with E-state index in [0.29, 0.717) is 5.92 Å². The van der Waals surface area contributed by atoms with Gasteiger partial charge < -0.3 is 0 Å². The third kappa shape index (κ3) is 1.55. The molecule has 2 aromatic rings. The van der Waals surface area contributed by atoms with Crippen molar-refractivity contribution in [3.05, 3.63) is 34.2 Å². The van der Waals surface area contributed by atoms with Gasteiger partial charge in [0, 0.05) is 12.1 Å². The zero-order valence-electron chi connectivity index (χ0n) is 9.69. The molecule has 2 aliphatic rings. The summed E-state index contributed by atoms with van der Waals surface area (Å²) in [7, 11) is 0. The Kier molecular flexibility index (Phi) is 2.13. The molecule has 4 rings (SSSR count). The highest BCUT2D eigenvalue weighted by atomic mass is 79.9. The highest BCUT2D eigenvalue weighted by Crippen LogP contribution is 2.42. The standard InChI is InChI=1S/C14H15BrN2/c15-14-13(10-2-1-3-10)16-12-8-11(9-4-5-9)6-7-17(12)14/h6-10H,1-5H2. The monoisotopic (exact) mass is 290 g/mol. The van der Waals surface area contributed by atoms with E-state index in [2.05, 4.69) is 38.7 Å². The Hall–Kier alpha value is -0.830. The summed E-state index contributed by atoms with van der Waals surface area (Å²) in [4.78, 5) is 4.82. The molecule has 0 unspecified atom stereocenters. The van der Waals surface area contributed by atoms with Crippen LogP contribution in [0.3, 0.4) is 0 Å². The van der Waals surface area contributed by atoms with Crippen molar-refractivity contribution in [1.29, 1.82) is 0 Å². The molecule has 0 N–H and O–H groups in total. The first-order valence-electron chi connectivity index (χ1n) is 6.50. The van der Waals surface area contributed by atoms with Gasteiger partial charge in [-0.25, -0.2) is 4.98 Å². The average molecular weight is 291 g/mol. The van der Waals surface area contributed by atoms with Crippen molar-refractivity contribution in [3.8, 4) is 0 Å². The van der Waals surface area contributed by atoms with Gasteiger partial charge in [-0.05, 0) is 65.2 Å². The van der Waals surface area contributed by atoms with Crippen LogP contribution in [0.1, 0.15) is 55.2 Å². The summed E-state index contributed by atoms with van der Waals surface area (Å²) in [6.07, 6.45) is 8.84. The average Bonchev–Trinajstić information content (AvgIpc) is 3.05. The molecular weight excluding hydrogens is 276 g/mol. The summed E-state index contributed by atoms with van der Waals surface area (Å²) in [5.41, 5.74) is 3.85. The molecule has 2 saturated carbocycles. The molecule has 88 valence electrons. The number of pyridine rings is 1. The quantitative estimate of drug-likeness (QED) is 0.809. The van der Waals surface area contributed by atoms with Crippen LogP contribution in [0.2, 0.25) is 0 Å². The number of hydrogen-bond acceptors (Lipinski definition) is 1. The van der Waals surface area contributed by atoms with E-state index in [1.807, 2.05) is 0 Å². The normalized spacial score (nSPS) is 20.8. The largest absolute Gasteiger partial charge is 0.294 e. The lowest BCUT2D eigenvalue weighted by Crippen LogP contribution is -2.09. The van der Waals surface area contributed by atoms with E-state index in [0.717, 1.165) is 11.6 Å². The molecule has 0 aromatic carbocycles. The van der Waals surface area contributed by atoms with E-state index in [1.165, 1.54) is 48.0 Å². The third-order valence-corrected chi connectivity index (χ3v) is 4.95.